The minimum Gasteiger partial charge on any atom is -0.503 e. The number of nitrogens with one attached hydrogen (secondary N) is 1. The first-order chi connectivity index (χ1) is 14.4. The van der Waals surface area contributed by atoms with Gasteiger partial charge < -0.3 is 14.9 Å². The lowest BCUT2D eigenvalue weighted by molar-refractivity contribution is 0.395. The SMILES string of the molecule is Cc1cc(-c2noc(-c3cc(F)c(O)c(F)c3)n2)nc(NCc2ccc(F)cc2)n1. The van der Waals surface area contributed by atoms with Crippen LogP contribution in [0.15, 0.2) is 47.0 Å². The van der Waals surface area contributed by atoms with E-state index in [9.17, 15) is 18.3 Å². The van der Waals surface area contributed by atoms with E-state index in [0.29, 0.717) is 23.9 Å². The number of nitrogens with zero attached hydrogens (tertiary/aromatic N) is 4. The lowest BCUT2D eigenvalue weighted by Gasteiger charge is -2.07. The molecular weight excluding hydrogens is 399 g/mol. The molecule has 0 bridgehead atoms. The highest BCUT2D eigenvalue weighted by Gasteiger charge is 2.17. The molecule has 4 aromatic rings. The normalized spacial score (nSPS) is 10.9. The van der Waals surface area contributed by atoms with Crippen LogP contribution in [0.1, 0.15) is 11.3 Å². The van der Waals surface area contributed by atoms with Crippen molar-refractivity contribution in [2.75, 3.05) is 5.32 Å². The number of aromatic hydroxyl groups is 1. The molecule has 2 N–H and O–H groups in total. The number of rotatable bonds is 5. The van der Waals surface area contributed by atoms with Crippen LogP contribution < -0.4 is 5.32 Å². The average Bonchev–Trinajstić information content (AvgIpc) is 3.21. The monoisotopic (exact) mass is 413 g/mol. The third-order valence-corrected chi connectivity index (χ3v) is 4.14. The van der Waals surface area contributed by atoms with Gasteiger partial charge in [-0.25, -0.2) is 23.1 Å². The number of hydrogen-bond acceptors (Lipinski definition) is 7. The van der Waals surface area contributed by atoms with Gasteiger partial charge in [0.25, 0.3) is 5.89 Å². The zero-order chi connectivity index (χ0) is 21.3. The van der Waals surface area contributed by atoms with Crippen molar-refractivity contribution in [2.24, 2.45) is 0 Å². The smallest absolute Gasteiger partial charge is 0.258 e. The molecule has 7 nitrogen and oxygen atoms in total. The summed E-state index contributed by atoms with van der Waals surface area (Å²) in [6, 6.07) is 9.38. The zero-order valence-corrected chi connectivity index (χ0v) is 15.5. The Kier molecular flexibility index (Phi) is 5.05. The molecule has 0 atom stereocenters. The number of halogens is 3. The first-order valence-corrected chi connectivity index (χ1v) is 8.75. The fraction of sp³-hybridized carbons (Fsp3) is 0.100. The molecule has 152 valence electrons. The van der Waals surface area contributed by atoms with Crippen LogP contribution in [0.2, 0.25) is 0 Å². The van der Waals surface area contributed by atoms with E-state index in [1.54, 1.807) is 25.1 Å². The molecule has 4 rings (SSSR count). The summed E-state index contributed by atoms with van der Waals surface area (Å²) in [5, 5.41) is 16.0. The summed E-state index contributed by atoms with van der Waals surface area (Å²) in [7, 11) is 0. The number of phenolic OH excluding ortho intramolecular Hbond substituents is 1. The molecule has 2 aromatic carbocycles. The van der Waals surface area contributed by atoms with E-state index in [1.807, 2.05) is 0 Å². The van der Waals surface area contributed by atoms with E-state index in [-0.39, 0.29) is 23.1 Å². The molecule has 0 aliphatic rings. The molecule has 0 unspecified atom stereocenters. The standard InChI is InChI=1S/C20H14F3N5O2/c1-10-6-16(26-20(25-10)24-9-11-2-4-13(21)5-3-11)18-27-19(30-28-18)12-7-14(22)17(29)15(23)8-12/h2-8,29H,9H2,1H3,(H,24,25,26). The van der Waals surface area contributed by atoms with Crippen molar-refractivity contribution in [3.05, 3.63) is 71.2 Å². The molecule has 0 saturated carbocycles. The van der Waals surface area contributed by atoms with Crippen LogP contribution in [-0.2, 0) is 6.54 Å². The zero-order valence-electron chi connectivity index (χ0n) is 15.5. The van der Waals surface area contributed by atoms with E-state index in [2.05, 4.69) is 25.4 Å². The molecule has 2 heterocycles. The first-order valence-electron chi connectivity index (χ1n) is 8.75. The van der Waals surface area contributed by atoms with Crippen LogP contribution in [0.4, 0.5) is 19.1 Å². The Balaban J connectivity index is 1.58. The third-order valence-electron chi connectivity index (χ3n) is 4.14. The van der Waals surface area contributed by atoms with Gasteiger partial charge in [-0.1, -0.05) is 17.3 Å². The second-order valence-corrected chi connectivity index (χ2v) is 6.41. The maximum absolute atomic E-state index is 13.6. The molecule has 2 aromatic heterocycles. The maximum Gasteiger partial charge on any atom is 0.258 e. The van der Waals surface area contributed by atoms with E-state index in [1.165, 1.54) is 12.1 Å². The Morgan fingerprint density at radius 2 is 1.67 bits per heavy atom. The highest BCUT2D eigenvalue weighted by Crippen LogP contribution is 2.28. The van der Waals surface area contributed by atoms with Gasteiger partial charge in [0.15, 0.2) is 17.4 Å². The van der Waals surface area contributed by atoms with Crippen LogP contribution in [0.5, 0.6) is 5.75 Å². The second-order valence-electron chi connectivity index (χ2n) is 6.41. The van der Waals surface area contributed by atoms with Gasteiger partial charge in [-0.15, -0.1) is 0 Å². The number of anilines is 1. The van der Waals surface area contributed by atoms with Crippen molar-refractivity contribution in [3.8, 4) is 28.7 Å². The fourth-order valence-electron chi connectivity index (χ4n) is 2.68. The number of benzene rings is 2. The molecule has 10 heteroatoms. The van der Waals surface area contributed by atoms with Gasteiger partial charge in [0, 0.05) is 17.8 Å². The predicted molar refractivity (Wildman–Crippen MR) is 101 cm³/mol. The molecular formula is C20H14F3N5O2. The predicted octanol–water partition coefficient (Wildman–Crippen LogP) is 4.24. The Labute approximate surface area is 168 Å². The van der Waals surface area contributed by atoms with Gasteiger partial charge in [-0.3, -0.25) is 0 Å². The highest BCUT2D eigenvalue weighted by atomic mass is 19.1. The summed E-state index contributed by atoms with van der Waals surface area (Å²) in [4.78, 5) is 12.7. The summed E-state index contributed by atoms with van der Waals surface area (Å²) in [6.45, 7) is 2.12. The maximum atomic E-state index is 13.6. The van der Waals surface area contributed by atoms with Crippen LogP contribution in [0.25, 0.3) is 23.0 Å². The van der Waals surface area contributed by atoms with Crippen molar-refractivity contribution < 1.29 is 22.8 Å². The lowest BCUT2D eigenvalue weighted by atomic mass is 10.2. The van der Waals surface area contributed by atoms with Gasteiger partial charge in [-0.2, -0.15) is 4.98 Å². The summed E-state index contributed by atoms with van der Waals surface area (Å²) >= 11 is 0. The number of aromatic nitrogens is 4. The highest BCUT2D eigenvalue weighted by molar-refractivity contribution is 5.59. The van der Waals surface area contributed by atoms with E-state index >= 15 is 0 Å². The van der Waals surface area contributed by atoms with Crippen molar-refractivity contribution in [1.29, 1.82) is 0 Å². The van der Waals surface area contributed by atoms with Gasteiger partial charge >= 0.3 is 0 Å². The third kappa shape index (κ3) is 4.07. The van der Waals surface area contributed by atoms with Crippen LogP contribution in [0, 0.1) is 24.4 Å². The van der Waals surface area contributed by atoms with Gasteiger partial charge in [0.2, 0.25) is 11.8 Å². The van der Waals surface area contributed by atoms with Crippen molar-refractivity contribution in [2.45, 2.75) is 13.5 Å². The van der Waals surface area contributed by atoms with E-state index in [0.717, 1.165) is 17.7 Å². The minimum absolute atomic E-state index is 0.0259. The summed E-state index contributed by atoms with van der Waals surface area (Å²) in [5.74, 6) is -3.45. The average molecular weight is 413 g/mol. The Morgan fingerprint density at radius 3 is 2.37 bits per heavy atom. The second kappa shape index (κ2) is 7.82. The molecule has 0 amide bonds. The topological polar surface area (TPSA) is 97.0 Å². The summed E-state index contributed by atoms with van der Waals surface area (Å²) in [6.07, 6.45) is 0. The van der Waals surface area contributed by atoms with Crippen molar-refractivity contribution in [3.63, 3.8) is 0 Å². The number of hydrogen-bond donors (Lipinski definition) is 2. The van der Waals surface area contributed by atoms with E-state index < -0.39 is 17.4 Å². The van der Waals surface area contributed by atoms with Crippen LogP contribution in [0.3, 0.4) is 0 Å². The lowest BCUT2D eigenvalue weighted by Crippen LogP contribution is -2.05. The van der Waals surface area contributed by atoms with Crippen molar-refractivity contribution >= 4 is 5.95 Å². The Bertz CT molecular complexity index is 1190. The molecule has 0 aliphatic heterocycles. The molecule has 0 saturated heterocycles. The quantitative estimate of drug-likeness (QED) is 0.505. The summed E-state index contributed by atoms with van der Waals surface area (Å²) in [5.41, 5.74) is 1.76. The molecule has 0 spiro atoms. The van der Waals surface area contributed by atoms with Crippen LogP contribution in [-0.4, -0.2) is 25.2 Å². The molecule has 0 radical (unpaired) electrons. The number of phenols is 1. The first kappa shape index (κ1) is 19.4. The molecule has 0 fully saturated rings. The number of aryl methyl sites for hydroxylation is 1. The van der Waals surface area contributed by atoms with Crippen LogP contribution >= 0.6 is 0 Å². The van der Waals surface area contributed by atoms with E-state index in [4.69, 9.17) is 4.52 Å². The summed E-state index contributed by atoms with van der Waals surface area (Å²) < 4.78 is 45.3. The van der Waals surface area contributed by atoms with Gasteiger partial charge in [0.05, 0.1) is 0 Å². The Hall–Kier alpha value is -3.95. The molecule has 0 aliphatic carbocycles. The minimum atomic E-state index is -1.14. The molecule has 30 heavy (non-hydrogen) atoms. The Morgan fingerprint density at radius 1 is 0.967 bits per heavy atom. The van der Waals surface area contributed by atoms with Gasteiger partial charge in [0.1, 0.15) is 11.5 Å². The van der Waals surface area contributed by atoms with Crippen molar-refractivity contribution in [1.82, 2.24) is 20.1 Å². The van der Waals surface area contributed by atoms with Gasteiger partial charge in [-0.05, 0) is 42.8 Å². The largest absolute Gasteiger partial charge is 0.503 e. The fourth-order valence-corrected chi connectivity index (χ4v) is 2.68.